The van der Waals surface area contributed by atoms with Crippen LogP contribution in [0.5, 0.6) is 11.5 Å². The monoisotopic (exact) mass is 319 g/mol. The number of rotatable bonds is 5. The summed E-state index contributed by atoms with van der Waals surface area (Å²) in [6, 6.07) is 8.07. The first-order chi connectivity index (χ1) is 10.6. The van der Waals surface area contributed by atoms with Crippen LogP contribution in [0.2, 0.25) is 0 Å². The number of amides is 1. The smallest absolute Gasteiger partial charge is 0.305 e. The molecular formula is C15H13NO5S. The van der Waals surface area contributed by atoms with E-state index in [1.54, 1.807) is 24.3 Å². The van der Waals surface area contributed by atoms with Gasteiger partial charge in [-0.3, -0.25) is 9.59 Å². The SMILES string of the molecule is O=C(O)C[C@H](NC(=O)c1cccc2c1OCO2)c1cccs1. The topological polar surface area (TPSA) is 84.9 Å². The fourth-order valence-electron chi connectivity index (χ4n) is 2.23. The number of carbonyl (C=O) groups excluding carboxylic acids is 1. The molecule has 1 aromatic heterocycles. The minimum Gasteiger partial charge on any atom is -0.481 e. The molecule has 114 valence electrons. The van der Waals surface area contributed by atoms with Crippen molar-refractivity contribution in [2.24, 2.45) is 0 Å². The van der Waals surface area contributed by atoms with Crippen LogP contribution >= 0.6 is 11.3 Å². The Morgan fingerprint density at radius 2 is 2.14 bits per heavy atom. The van der Waals surface area contributed by atoms with Gasteiger partial charge in [-0.25, -0.2) is 0 Å². The molecule has 0 spiro atoms. The third kappa shape index (κ3) is 2.89. The van der Waals surface area contributed by atoms with E-state index in [1.165, 1.54) is 11.3 Å². The van der Waals surface area contributed by atoms with Crippen molar-refractivity contribution in [3.8, 4) is 11.5 Å². The summed E-state index contributed by atoms with van der Waals surface area (Å²) in [5.74, 6) is -0.461. The van der Waals surface area contributed by atoms with E-state index >= 15 is 0 Å². The van der Waals surface area contributed by atoms with E-state index in [9.17, 15) is 9.59 Å². The first kappa shape index (κ1) is 14.4. The highest BCUT2D eigenvalue weighted by Crippen LogP contribution is 2.35. The van der Waals surface area contributed by atoms with Crippen molar-refractivity contribution in [2.75, 3.05) is 6.79 Å². The van der Waals surface area contributed by atoms with Gasteiger partial charge in [0.2, 0.25) is 6.79 Å². The van der Waals surface area contributed by atoms with Crippen LogP contribution in [-0.2, 0) is 4.79 Å². The lowest BCUT2D eigenvalue weighted by Gasteiger charge is -2.16. The second-order valence-corrected chi connectivity index (χ2v) is 5.66. The Balaban J connectivity index is 1.83. The summed E-state index contributed by atoms with van der Waals surface area (Å²) in [5, 5.41) is 13.6. The van der Waals surface area contributed by atoms with Crippen LogP contribution in [-0.4, -0.2) is 23.8 Å². The molecule has 2 N–H and O–H groups in total. The third-order valence-electron chi connectivity index (χ3n) is 3.21. The number of aliphatic carboxylic acids is 1. The molecule has 1 aliphatic rings. The van der Waals surface area contributed by atoms with Crippen molar-refractivity contribution in [3.63, 3.8) is 0 Å². The number of carboxylic acids is 1. The second kappa shape index (κ2) is 6.07. The lowest BCUT2D eigenvalue weighted by atomic mass is 10.1. The summed E-state index contributed by atoms with van der Waals surface area (Å²) in [4.78, 5) is 24.3. The van der Waals surface area contributed by atoms with Crippen molar-refractivity contribution in [1.29, 1.82) is 0 Å². The highest BCUT2D eigenvalue weighted by atomic mass is 32.1. The highest BCUT2D eigenvalue weighted by molar-refractivity contribution is 7.10. The largest absolute Gasteiger partial charge is 0.481 e. The van der Waals surface area contributed by atoms with Gasteiger partial charge in [0.15, 0.2) is 11.5 Å². The molecule has 0 saturated carbocycles. The molecule has 1 aromatic carbocycles. The maximum absolute atomic E-state index is 12.5. The first-order valence-electron chi connectivity index (χ1n) is 6.60. The highest BCUT2D eigenvalue weighted by Gasteiger charge is 2.25. The molecule has 0 aliphatic carbocycles. The van der Waals surface area contributed by atoms with E-state index in [4.69, 9.17) is 14.6 Å². The molecule has 2 heterocycles. The number of hydrogen-bond donors (Lipinski definition) is 2. The van der Waals surface area contributed by atoms with Gasteiger partial charge in [0, 0.05) is 4.88 Å². The van der Waals surface area contributed by atoms with Gasteiger partial charge in [-0.2, -0.15) is 0 Å². The predicted octanol–water partition coefficient (Wildman–Crippen LogP) is 2.42. The Kier molecular flexibility index (Phi) is 3.97. The first-order valence-corrected chi connectivity index (χ1v) is 7.48. The lowest BCUT2D eigenvalue weighted by Crippen LogP contribution is -2.29. The maximum atomic E-state index is 12.5. The number of carboxylic acid groups (broad SMARTS) is 1. The molecule has 22 heavy (non-hydrogen) atoms. The molecule has 1 amide bonds. The minimum atomic E-state index is -0.975. The van der Waals surface area contributed by atoms with Crippen LogP contribution in [0.15, 0.2) is 35.7 Å². The number of thiophene rings is 1. The molecule has 0 fully saturated rings. The molecular weight excluding hydrogens is 306 g/mol. The maximum Gasteiger partial charge on any atom is 0.305 e. The van der Waals surface area contributed by atoms with Crippen LogP contribution in [0.25, 0.3) is 0 Å². The molecule has 1 atom stereocenters. The third-order valence-corrected chi connectivity index (χ3v) is 4.20. The van der Waals surface area contributed by atoms with Crippen molar-refractivity contribution in [3.05, 3.63) is 46.2 Å². The van der Waals surface area contributed by atoms with Gasteiger partial charge in [0.1, 0.15) is 0 Å². The van der Waals surface area contributed by atoms with Crippen molar-refractivity contribution >= 4 is 23.2 Å². The number of nitrogens with one attached hydrogen (secondary N) is 1. The minimum absolute atomic E-state index is 0.0725. The van der Waals surface area contributed by atoms with E-state index in [1.807, 2.05) is 11.4 Å². The van der Waals surface area contributed by atoms with Crippen LogP contribution < -0.4 is 14.8 Å². The zero-order chi connectivity index (χ0) is 15.5. The van der Waals surface area contributed by atoms with Crippen LogP contribution in [0.3, 0.4) is 0 Å². The number of ether oxygens (including phenoxy) is 2. The summed E-state index contributed by atoms with van der Waals surface area (Å²) >= 11 is 1.40. The molecule has 1 aliphatic heterocycles. The van der Waals surface area contributed by atoms with Crippen molar-refractivity contribution in [1.82, 2.24) is 5.32 Å². The van der Waals surface area contributed by atoms with Gasteiger partial charge < -0.3 is 19.9 Å². The van der Waals surface area contributed by atoms with Crippen LogP contribution in [0, 0.1) is 0 Å². The van der Waals surface area contributed by atoms with Gasteiger partial charge in [-0.05, 0) is 23.6 Å². The molecule has 7 heteroatoms. The van der Waals surface area contributed by atoms with E-state index in [0.29, 0.717) is 17.1 Å². The zero-order valence-corrected chi connectivity index (χ0v) is 12.3. The summed E-state index contributed by atoms with van der Waals surface area (Å²) in [7, 11) is 0. The molecule has 6 nitrogen and oxygen atoms in total. The van der Waals surface area contributed by atoms with Gasteiger partial charge in [-0.1, -0.05) is 12.1 Å². The fraction of sp³-hybridized carbons (Fsp3) is 0.200. The normalized spacial score (nSPS) is 13.6. The van der Waals surface area contributed by atoms with Gasteiger partial charge in [0.25, 0.3) is 5.91 Å². The Bertz CT molecular complexity index is 698. The molecule has 0 radical (unpaired) electrons. The van der Waals surface area contributed by atoms with E-state index in [0.717, 1.165) is 4.88 Å². The number of fused-ring (bicyclic) bond motifs is 1. The molecule has 0 saturated heterocycles. The van der Waals surface area contributed by atoms with E-state index < -0.39 is 12.0 Å². The Morgan fingerprint density at radius 1 is 1.27 bits per heavy atom. The van der Waals surface area contributed by atoms with Gasteiger partial charge >= 0.3 is 5.97 Å². The Morgan fingerprint density at radius 3 is 2.86 bits per heavy atom. The van der Waals surface area contributed by atoms with Crippen molar-refractivity contribution in [2.45, 2.75) is 12.5 Å². The van der Waals surface area contributed by atoms with Crippen LogP contribution in [0.4, 0.5) is 0 Å². The van der Waals surface area contributed by atoms with E-state index in [2.05, 4.69) is 5.32 Å². The Labute approximate surface area is 130 Å². The number of carbonyl (C=O) groups is 2. The van der Waals surface area contributed by atoms with Crippen molar-refractivity contribution < 1.29 is 24.2 Å². The fourth-order valence-corrected chi connectivity index (χ4v) is 3.01. The summed E-state index contributed by atoms with van der Waals surface area (Å²) in [5.41, 5.74) is 0.335. The summed E-state index contributed by atoms with van der Waals surface area (Å²) in [6.45, 7) is 0.0725. The number of hydrogen-bond acceptors (Lipinski definition) is 5. The average molecular weight is 319 g/mol. The predicted molar refractivity (Wildman–Crippen MR) is 79.3 cm³/mol. The second-order valence-electron chi connectivity index (χ2n) is 4.68. The molecule has 0 bridgehead atoms. The Hall–Kier alpha value is -2.54. The van der Waals surface area contributed by atoms with E-state index in [-0.39, 0.29) is 19.1 Å². The van der Waals surface area contributed by atoms with Gasteiger partial charge in [0.05, 0.1) is 18.0 Å². The summed E-state index contributed by atoms with van der Waals surface area (Å²) < 4.78 is 10.5. The number of para-hydroxylation sites is 1. The molecule has 0 unspecified atom stereocenters. The molecule has 3 rings (SSSR count). The quantitative estimate of drug-likeness (QED) is 0.884. The van der Waals surface area contributed by atoms with Crippen LogP contribution in [0.1, 0.15) is 27.7 Å². The standard InChI is InChI=1S/C15H13NO5S/c17-13(18)7-10(12-5-2-6-22-12)16-15(19)9-3-1-4-11-14(9)21-8-20-11/h1-6,10H,7-8H2,(H,16,19)(H,17,18)/t10-/m0/s1. The summed E-state index contributed by atoms with van der Waals surface area (Å²) in [6.07, 6.45) is -0.182. The number of benzene rings is 1. The molecule has 2 aromatic rings. The van der Waals surface area contributed by atoms with Gasteiger partial charge in [-0.15, -0.1) is 11.3 Å². The average Bonchev–Trinajstić information content (AvgIpc) is 3.16. The zero-order valence-electron chi connectivity index (χ0n) is 11.4. The lowest BCUT2D eigenvalue weighted by molar-refractivity contribution is -0.137.